The average molecular weight is 384 g/mol. The highest BCUT2D eigenvalue weighted by atomic mass is 16.5. The Balaban J connectivity index is 1.34. The summed E-state index contributed by atoms with van der Waals surface area (Å²) in [7, 11) is 0. The number of piperidine rings is 1. The molecule has 1 aromatic carbocycles. The van der Waals surface area contributed by atoms with Crippen molar-refractivity contribution in [3.8, 4) is 0 Å². The van der Waals surface area contributed by atoms with Gasteiger partial charge in [-0.05, 0) is 18.4 Å². The van der Waals surface area contributed by atoms with Crippen LogP contribution in [0.1, 0.15) is 39.4 Å². The molecule has 28 heavy (non-hydrogen) atoms. The van der Waals surface area contributed by atoms with Gasteiger partial charge in [0, 0.05) is 25.7 Å². The van der Waals surface area contributed by atoms with Gasteiger partial charge in [-0.25, -0.2) is 0 Å². The summed E-state index contributed by atoms with van der Waals surface area (Å²) in [6, 6.07) is 11.5. The van der Waals surface area contributed by atoms with Crippen molar-refractivity contribution in [1.29, 1.82) is 0 Å². The van der Waals surface area contributed by atoms with Gasteiger partial charge in [-0.15, -0.1) is 0 Å². The van der Waals surface area contributed by atoms with E-state index < -0.39 is 6.10 Å². The Morgan fingerprint density at radius 3 is 2.75 bits per heavy atom. The van der Waals surface area contributed by atoms with E-state index in [1.165, 1.54) is 10.7 Å². The molecule has 2 amide bonds. The Morgan fingerprint density at radius 1 is 1.25 bits per heavy atom. The van der Waals surface area contributed by atoms with Crippen molar-refractivity contribution < 1.29 is 19.4 Å². The van der Waals surface area contributed by atoms with Crippen LogP contribution < -0.4 is 5.32 Å². The number of benzene rings is 1. The van der Waals surface area contributed by atoms with Gasteiger partial charge in [0.25, 0.3) is 11.8 Å². The molecule has 2 N–H and O–H groups in total. The number of aliphatic hydroxyl groups excluding tert-OH is 1. The number of hydrogen-bond donors (Lipinski definition) is 2. The van der Waals surface area contributed by atoms with E-state index in [2.05, 4.69) is 10.4 Å². The van der Waals surface area contributed by atoms with E-state index in [0.29, 0.717) is 25.4 Å². The molecule has 0 radical (unpaired) electrons. The summed E-state index contributed by atoms with van der Waals surface area (Å²) in [5.41, 5.74) is 1.69. The van der Waals surface area contributed by atoms with Gasteiger partial charge < -0.3 is 20.1 Å². The van der Waals surface area contributed by atoms with Crippen LogP contribution in [0.2, 0.25) is 0 Å². The fourth-order valence-corrected chi connectivity index (χ4v) is 3.58. The summed E-state index contributed by atoms with van der Waals surface area (Å²) in [5, 5.41) is 16.7. The number of fused-ring (bicyclic) bond motifs is 1. The minimum absolute atomic E-state index is 0.129. The molecule has 0 bridgehead atoms. The quantitative estimate of drug-likeness (QED) is 0.813. The lowest BCUT2D eigenvalue weighted by Gasteiger charge is -2.31. The van der Waals surface area contributed by atoms with Crippen molar-refractivity contribution in [3.63, 3.8) is 0 Å². The monoisotopic (exact) mass is 384 g/mol. The standard InChI is InChI=1S/C20H24N4O4/c25-15-11-21-19(26)18-10-17(22-24(18)12-15)20(27)23-8-6-16(7-9-23)28-13-14-4-2-1-3-5-14/h1-5,10,15-16,25H,6-9,11-13H2,(H,21,26). The molecule has 1 aromatic heterocycles. The van der Waals surface area contributed by atoms with Gasteiger partial charge in [0.15, 0.2) is 5.69 Å². The first-order valence-corrected chi connectivity index (χ1v) is 9.59. The van der Waals surface area contributed by atoms with Gasteiger partial charge in [0.1, 0.15) is 5.69 Å². The van der Waals surface area contributed by atoms with Crippen molar-refractivity contribution in [2.24, 2.45) is 0 Å². The zero-order valence-electron chi connectivity index (χ0n) is 15.6. The van der Waals surface area contributed by atoms with Crippen molar-refractivity contribution >= 4 is 11.8 Å². The summed E-state index contributed by atoms with van der Waals surface area (Å²) in [5.74, 6) is -0.513. The summed E-state index contributed by atoms with van der Waals surface area (Å²) in [4.78, 5) is 26.6. The van der Waals surface area contributed by atoms with Crippen LogP contribution >= 0.6 is 0 Å². The van der Waals surface area contributed by atoms with E-state index in [4.69, 9.17) is 4.74 Å². The summed E-state index contributed by atoms with van der Waals surface area (Å²) in [6.45, 7) is 2.13. The number of β-amino-alcohol motifs (C(OH)–C–C–N with tert-alkyl or cyclic N) is 1. The van der Waals surface area contributed by atoms with Gasteiger partial charge in [0.05, 0.1) is 25.4 Å². The van der Waals surface area contributed by atoms with E-state index in [-0.39, 0.29) is 36.7 Å². The smallest absolute Gasteiger partial charge is 0.274 e. The third kappa shape index (κ3) is 4.07. The first kappa shape index (κ1) is 18.6. The molecule has 2 aliphatic rings. The molecule has 8 heteroatoms. The second-order valence-electron chi connectivity index (χ2n) is 7.25. The van der Waals surface area contributed by atoms with E-state index in [1.807, 2.05) is 30.3 Å². The number of nitrogens with one attached hydrogen (secondary N) is 1. The lowest BCUT2D eigenvalue weighted by molar-refractivity contribution is -0.000541. The topological polar surface area (TPSA) is 96.7 Å². The molecule has 1 atom stereocenters. The molecule has 8 nitrogen and oxygen atoms in total. The maximum Gasteiger partial charge on any atom is 0.274 e. The van der Waals surface area contributed by atoms with Gasteiger partial charge >= 0.3 is 0 Å². The number of aliphatic hydroxyl groups is 1. The number of likely N-dealkylation sites (tertiary alicyclic amines) is 1. The number of aromatic nitrogens is 2. The number of carbonyl (C=O) groups excluding carboxylic acids is 2. The lowest BCUT2D eigenvalue weighted by Crippen LogP contribution is -2.41. The molecule has 1 fully saturated rings. The second kappa shape index (κ2) is 8.12. The van der Waals surface area contributed by atoms with Crippen LogP contribution in [0.5, 0.6) is 0 Å². The number of carbonyl (C=O) groups is 2. The molecule has 4 rings (SSSR count). The second-order valence-corrected chi connectivity index (χ2v) is 7.25. The van der Waals surface area contributed by atoms with Crippen molar-refractivity contribution in [2.45, 2.75) is 38.2 Å². The molecule has 148 valence electrons. The third-order valence-corrected chi connectivity index (χ3v) is 5.17. The van der Waals surface area contributed by atoms with Crippen LogP contribution in [0.15, 0.2) is 36.4 Å². The summed E-state index contributed by atoms with van der Waals surface area (Å²) < 4.78 is 7.38. The number of amides is 2. The van der Waals surface area contributed by atoms with Crippen LogP contribution in [-0.2, 0) is 17.9 Å². The Hall–Kier alpha value is -2.71. The highest BCUT2D eigenvalue weighted by Gasteiger charge is 2.29. The normalized spacial score (nSPS) is 20.4. The van der Waals surface area contributed by atoms with Gasteiger partial charge in [0.2, 0.25) is 0 Å². The minimum Gasteiger partial charge on any atom is -0.389 e. The SMILES string of the molecule is O=C1NCC(O)Cn2nc(C(=O)N3CCC(OCc4ccccc4)CC3)cc21. The first-order chi connectivity index (χ1) is 13.6. The Kier molecular flexibility index (Phi) is 5.40. The van der Waals surface area contributed by atoms with Gasteiger partial charge in [-0.2, -0.15) is 5.10 Å². The van der Waals surface area contributed by atoms with Crippen LogP contribution in [0.25, 0.3) is 0 Å². The molecule has 2 aromatic rings. The van der Waals surface area contributed by atoms with Gasteiger partial charge in [-0.1, -0.05) is 30.3 Å². The number of rotatable bonds is 4. The molecule has 2 aliphatic heterocycles. The van der Waals surface area contributed by atoms with Crippen LogP contribution in [0.4, 0.5) is 0 Å². The maximum atomic E-state index is 12.8. The van der Waals surface area contributed by atoms with Crippen LogP contribution in [-0.4, -0.2) is 63.4 Å². The first-order valence-electron chi connectivity index (χ1n) is 9.59. The number of hydrogen-bond acceptors (Lipinski definition) is 5. The predicted octanol–water partition coefficient (Wildman–Crippen LogP) is 0.809. The molecule has 3 heterocycles. The van der Waals surface area contributed by atoms with E-state index in [1.54, 1.807) is 4.90 Å². The Morgan fingerprint density at radius 2 is 2.00 bits per heavy atom. The van der Waals surface area contributed by atoms with Crippen LogP contribution in [0, 0.1) is 0 Å². The zero-order chi connectivity index (χ0) is 19.5. The summed E-state index contributed by atoms with van der Waals surface area (Å²) >= 11 is 0. The van der Waals surface area contributed by atoms with Gasteiger partial charge in [-0.3, -0.25) is 14.3 Å². The average Bonchev–Trinajstić information content (AvgIpc) is 3.09. The largest absolute Gasteiger partial charge is 0.389 e. The third-order valence-electron chi connectivity index (χ3n) is 5.17. The zero-order valence-corrected chi connectivity index (χ0v) is 15.6. The molecular weight excluding hydrogens is 360 g/mol. The summed E-state index contributed by atoms with van der Waals surface area (Å²) in [6.07, 6.45) is 0.950. The fourth-order valence-electron chi connectivity index (χ4n) is 3.58. The fraction of sp³-hybridized carbons (Fsp3) is 0.450. The van der Waals surface area contributed by atoms with Crippen molar-refractivity contribution in [2.75, 3.05) is 19.6 Å². The highest BCUT2D eigenvalue weighted by Crippen LogP contribution is 2.18. The Labute approximate surface area is 163 Å². The molecule has 0 saturated carbocycles. The van der Waals surface area contributed by atoms with E-state index in [9.17, 15) is 14.7 Å². The number of ether oxygens (including phenoxy) is 1. The Bertz CT molecular complexity index is 843. The van der Waals surface area contributed by atoms with Crippen molar-refractivity contribution in [1.82, 2.24) is 20.0 Å². The molecule has 1 saturated heterocycles. The predicted molar refractivity (Wildman–Crippen MR) is 101 cm³/mol. The highest BCUT2D eigenvalue weighted by molar-refractivity contribution is 5.98. The minimum atomic E-state index is -0.717. The molecule has 1 unspecified atom stereocenters. The molecule has 0 spiro atoms. The molecule has 0 aliphatic carbocycles. The maximum absolute atomic E-state index is 12.8. The lowest BCUT2D eigenvalue weighted by atomic mass is 10.1. The molecular formula is C20H24N4O4. The number of nitrogens with zero attached hydrogens (tertiary/aromatic N) is 3. The van der Waals surface area contributed by atoms with Crippen molar-refractivity contribution in [3.05, 3.63) is 53.3 Å². The van der Waals surface area contributed by atoms with E-state index in [0.717, 1.165) is 18.4 Å². The van der Waals surface area contributed by atoms with Crippen LogP contribution in [0.3, 0.4) is 0 Å². The van der Waals surface area contributed by atoms with E-state index >= 15 is 0 Å².